The van der Waals surface area contributed by atoms with Gasteiger partial charge in [0.15, 0.2) is 0 Å². The van der Waals surface area contributed by atoms with E-state index in [9.17, 15) is 14.4 Å². The van der Waals surface area contributed by atoms with Crippen molar-refractivity contribution in [3.8, 4) is 0 Å². The van der Waals surface area contributed by atoms with Crippen LogP contribution in [0.3, 0.4) is 0 Å². The van der Waals surface area contributed by atoms with Gasteiger partial charge in [-0.05, 0) is 49.0 Å². The molecule has 9 nitrogen and oxygen atoms in total. The number of hydrogen-bond donors (Lipinski definition) is 2. The minimum absolute atomic E-state index is 0.0389. The van der Waals surface area contributed by atoms with Gasteiger partial charge in [0.2, 0.25) is 17.7 Å². The van der Waals surface area contributed by atoms with E-state index in [0.29, 0.717) is 51.3 Å². The molecule has 188 valence electrons. The molecule has 0 saturated carbocycles. The van der Waals surface area contributed by atoms with Crippen molar-refractivity contribution in [1.82, 2.24) is 19.8 Å². The summed E-state index contributed by atoms with van der Waals surface area (Å²) in [5.41, 5.74) is 2.46. The van der Waals surface area contributed by atoms with E-state index in [-0.39, 0.29) is 17.7 Å². The number of aliphatic hydroxyl groups is 1. The standard InChI is InChI=1S/C26H29N5O4S/c32-17-23(34)31-10-5-26(6-11-31)15-20-13-19(16-28-24(20)29-25(26)35)1-2-22(33)30-8-3-18(4-9-30)14-21-27-7-12-36-21/h1-3,7,12-13,16,32H,4-6,8-11,14-15,17H2,(H,28,29,35)/b2-1+. The summed E-state index contributed by atoms with van der Waals surface area (Å²) in [4.78, 5) is 49.6. The Morgan fingerprint density at radius 1 is 1.19 bits per heavy atom. The van der Waals surface area contributed by atoms with Gasteiger partial charge < -0.3 is 20.2 Å². The Balaban J connectivity index is 1.21. The van der Waals surface area contributed by atoms with Crippen molar-refractivity contribution in [2.45, 2.75) is 32.1 Å². The van der Waals surface area contributed by atoms with Crippen LogP contribution in [0.25, 0.3) is 6.08 Å². The lowest BCUT2D eigenvalue weighted by atomic mass is 9.71. The van der Waals surface area contributed by atoms with Crippen molar-refractivity contribution in [2.75, 3.05) is 38.1 Å². The Labute approximate surface area is 213 Å². The number of hydrogen-bond acceptors (Lipinski definition) is 7. The zero-order valence-corrected chi connectivity index (χ0v) is 20.8. The quantitative estimate of drug-likeness (QED) is 0.473. The van der Waals surface area contributed by atoms with Crippen molar-refractivity contribution in [2.24, 2.45) is 5.41 Å². The number of aliphatic hydroxyl groups excluding tert-OH is 1. The molecule has 10 heteroatoms. The highest BCUT2D eigenvalue weighted by atomic mass is 32.1. The Bertz CT molecular complexity index is 1210. The summed E-state index contributed by atoms with van der Waals surface area (Å²) < 4.78 is 0. The van der Waals surface area contributed by atoms with Crippen LogP contribution in [0.15, 0.2) is 41.6 Å². The van der Waals surface area contributed by atoms with Crippen LogP contribution in [0.1, 0.15) is 35.4 Å². The highest BCUT2D eigenvalue weighted by Gasteiger charge is 2.45. The van der Waals surface area contributed by atoms with Crippen LogP contribution in [-0.4, -0.2) is 75.4 Å². The topological polar surface area (TPSA) is 116 Å². The third kappa shape index (κ3) is 5.10. The lowest BCUT2D eigenvalue weighted by Gasteiger charge is -2.42. The van der Waals surface area contributed by atoms with E-state index in [1.807, 2.05) is 22.5 Å². The van der Waals surface area contributed by atoms with Gasteiger partial charge in [0.05, 0.1) is 10.4 Å². The Morgan fingerprint density at radius 2 is 2.03 bits per heavy atom. The van der Waals surface area contributed by atoms with E-state index in [2.05, 4.69) is 21.4 Å². The Hall–Kier alpha value is -3.37. The second kappa shape index (κ2) is 10.3. The molecular formula is C26H29N5O4S. The number of nitrogens with zero attached hydrogens (tertiary/aromatic N) is 4. The highest BCUT2D eigenvalue weighted by Crippen LogP contribution is 2.41. The molecule has 0 atom stereocenters. The molecule has 2 aromatic heterocycles. The number of fused-ring (bicyclic) bond motifs is 1. The van der Waals surface area contributed by atoms with E-state index < -0.39 is 12.0 Å². The van der Waals surface area contributed by atoms with Crippen LogP contribution in [-0.2, 0) is 27.2 Å². The van der Waals surface area contributed by atoms with Gasteiger partial charge in [-0.25, -0.2) is 9.97 Å². The minimum atomic E-state index is -0.588. The molecule has 0 aliphatic carbocycles. The summed E-state index contributed by atoms with van der Waals surface area (Å²) in [5, 5.41) is 15.1. The number of rotatable bonds is 5. The summed E-state index contributed by atoms with van der Waals surface area (Å²) >= 11 is 1.65. The van der Waals surface area contributed by atoms with Gasteiger partial charge in [-0.3, -0.25) is 14.4 Å². The summed E-state index contributed by atoms with van der Waals surface area (Å²) in [7, 11) is 0. The maximum Gasteiger partial charge on any atom is 0.248 e. The third-order valence-electron chi connectivity index (χ3n) is 7.33. The smallest absolute Gasteiger partial charge is 0.248 e. The van der Waals surface area contributed by atoms with Crippen LogP contribution in [0, 0.1) is 5.41 Å². The van der Waals surface area contributed by atoms with Gasteiger partial charge >= 0.3 is 0 Å². The highest BCUT2D eigenvalue weighted by molar-refractivity contribution is 7.09. The maximum absolute atomic E-state index is 12.9. The van der Waals surface area contributed by atoms with Crippen molar-refractivity contribution >= 4 is 41.0 Å². The van der Waals surface area contributed by atoms with E-state index >= 15 is 0 Å². The average Bonchev–Trinajstić information content (AvgIpc) is 3.41. The lowest BCUT2D eigenvalue weighted by Crippen LogP contribution is -2.51. The van der Waals surface area contributed by atoms with Crippen molar-refractivity contribution in [3.63, 3.8) is 0 Å². The minimum Gasteiger partial charge on any atom is -0.387 e. The van der Waals surface area contributed by atoms with Gasteiger partial charge in [-0.2, -0.15) is 0 Å². The van der Waals surface area contributed by atoms with Gasteiger partial charge in [0.1, 0.15) is 12.4 Å². The predicted octanol–water partition coefficient (Wildman–Crippen LogP) is 2.05. The van der Waals surface area contributed by atoms with Crippen molar-refractivity contribution in [3.05, 3.63) is 57.7 Å². The molecule has 0 radical (unpaired) electrons. The van der Waals surface area contributed by atoms with Crippen LogP contribution < -0.4 is 5.32 Å². The average molecular weight is 508 g/mol. The third-order valence-corrected chi connectivity index (χ3v) is 8.11. The van der Waals surface area contributed by atoms with Crippen LogP contribution >= 0.6 is 11.3 Å². The fraction of sp³-hybridized carbons (Fsp3) is 0.423. The number of piperidine rings is 1. The number of pyridine rings is 1. The monoisotopic (exact) mass is 507 g/mol. The first-order valence-electron chi connectivity index (χ1n) is 12.2. The van der Waals surface area contributed by atoms with E-state index in [4.69, 9.17) is 5.11 Å². The second-order valence-corrected chi connectivity index (χ2v) is 10.5. The molecule has 2 aromatic rings. The van der Waals surface area contributed by atoms with Gasteiger partial charge in [-0.1, -0.05) is 11.6 Å². The molecule has 3 aliphatic rings. The van der Waals surface area contributed by atoms with Crippen molar-refractivity contribution in [1.29, 1.82) is 0 Å². The number of thiazole rings is 1. The summed E-state index contributed by atoms with van der Waals surface area (Å²) in [6.45, 7) is 1.66. The summed E-state index contributed by atoms with van der Waals surface area (Å²) in [6, 6.07) is 1.97. The number of carbonyl (C=O) groups excluding carboxylic acids is 3. The normalized spacial score (nSPS) is 19.2. The van der Waals surface area contributed by atoms with Gasteiger partial charge in [-0.15, -0.1) is 11.3 Å². The molecule has 0 aromatic carbocycles. The van der Waals surface area contributed by atoms with E-state index in [1.54, 1.807) is 34.6 Å². The zero-order chi connectivity index (χ0) is 25.1. The number of anilines is 1. The number of aromatic nitrogens is 2. The van der Waals surface area contributed by atoms with E-state index in [1.165, 1.54) is 5.57 Å². The van der Waals surface area contributed by atoms with Gasteiger partial charge in [0, 0.05) is 56.4 Å². The lowest BCUT2D eigenvalue weighted by molar-refractivity contribution is -0.140. The molecule has 0 bridgehead atoms. The van der Waals surface area contributed by atoms with E-state index in [0.717, 1.165) is 29.0 Å². The molecule has 3 amide bonds. The fourth-order valence-corrected chi connectivity index (χ4v) is 5.79. The Morgan fingerprint density at radius 3 is 2.72 bits per heavy atom. The molecule has 3 aliphatic heterocycles. The summed E-state index contributed by atoms with van der Waals surface area (Å²) in [6.07, 6.45) is 12.3. The number of amides is 3. The largest absolute Gasteiger partial charge is 0.387 e. The second-order valence-electron chi connectivity index (χ2n) is 9.56. The van der Waals surface area contributed by atoms with Crippen LogP contribution in [0.4, 0.5) is 5.82 Å². The first-order valence-corrected chi connectivity index (χ1v) is 13.1. The van der Waals surface area contributed by atoms with Crippen molar-refractivity contribution < 1.29 is 19.5 Å². The number of carbonyl (C=O) groups is 3. The molecule has 5 rings (SSSR count). The summed E-state index contributed by atoms with van der Waals surface area (Å²) in [5.74, 6) is 0.143. The van der Waals surface area contributed by atoms with Crippen LogP contribution in [0.2, 0.25) is 0 Å². The predicted molar refractivity (Wildman–Crippen MR) is 136 cm³/mol. The molecule has 1 spiro atoms. The fourth-order valence-electron chi connectivity index (χ4n) is 5.12. The first-order chi connectivity index (χ1) is 17.5. The van der Waals surface area contributed by atoms with Crippen LogP contribution in [0.5, 0.6) is 0 Å². The number of nitrogens with one attached hydrogen (secondary N) is 1. The molecule has 0 unspecified atom stereocenters. The molecular weight excluding hydrogens is 478 g/mol. The molecule has 36 heavy (non-hydrogen) atoms. The SMILES string of the molecule is O=C(/C=C/c1cnc2c(c1)CC1(CCN(C(=O)CO)CC1)C(=O)N2)N1CC=C(Cc2nccs2)CC1. The van der Waals surface area contributed by atoms with Gasteiger partial charge in [0.25, 0.3) is 0 Å². The zero-order valence-electron chi connectivity index (χ0n) is 20.0. The molecule has 5 heterocycles. The molecule has 2 N–H and O–H groups in total. The molecule has 1 fully saturated rings. The maximum atomic E-state index is 12.9. The first kappa shape index (κ1) is 24.3. The molecule has 1 saturated heterocycles. The Kier molecular flexibility index (Phi) is 6.97. The number of likely N-dealkylation sites (tertiary alicyclic amines) is 1.